The molecular formula is C26H26FN5O4. The van der Waals surface area contributed by atoms with Gasteiger partial charge in [0.25, 0.3) is 0 Å². The van der Waals surface area contributed by atoms with Crippen molar-refractivity contribution in [2.24, 2.45) is 5.73 Å². The number of hydrogen-bond acceptors (Lipinski definition) is 6. The molecular weight excluding hydrogens is 465 g/mol. The lowest BCUT2D eigenvalue weighted by molar-refractivity contribution is -0.122. The van der Waals surface area contributed by atoms with E-state index in [2.05, 4.69) is 15.6 Å². The van der Waals surface area contributed by atoms with Gasteiger partial charge >= 0.3 is 6.09 Å². The molecule has 3 aromatic rings. The molecule has 1 aliphatic heterocycles. The fourth-order valence-electron chi connectivity index (χ4n) is 3.81. The smallest absolute Gasteiger partial charge is 0.414 e. The number of benzene rings is 2. The van der Waals surface area contributed by atoms with Crippen LogP contribution in [-0.2, 0) is 20.9 Å². The number of ether oxygens (including phenoxy) is 1. The van der Waals surface area contributed by atoms with Crippen molar-refractivity contribution in [1.29, 1.82) is 0 Å². The van der Waals surface area contributed by atoms with Crippen molar-refractivity contribution < 1.29 is 23.5 Å². The molecule has 4 N–H and O–H groups in total. The molecule has 2 unspecified atom stereocenters. The van der Waals surface area contributed by atoms with Crippen molar-refractivity contribution in [3.05, 3.63) is 83.9 Å². The predicted octanol–water partition coefficient (Wildman–Crippen LogP) is 2.67. The minimum absolute atomic E-state index is 0.195. The number of aromatic nitrogens is 1. The van der Waals surface area contributed by atoms with Crippen LogP contribution in [0, 0.1) is 5.82 Å². The van der Waals surface area contributed by atoms with Crippen molar-refractivity contribution >= 4 is 23.6 Å². The fourth-order valence-corrected chi connectivity index (χ4v) is 3.81. The molecule has 1 fully saturated rings. The Morgan fingerprint density at radius 1 is 1.19 bits per heavy atom. The van der Waals surface area contributed by atoms with Crippen LogP contribution in [0.5, 0.6) is 0 Å². The average Bonchev–Trinajstić information content (AvgIpc) is 3.27. The Balaban J connectivity index is 1.37. The summed E-state index contributed by atoms with van der Waals surface area (Å²) in [6.07, 6.45) is 2.07. The lowest BCUT2D eigenvalue weighted by atomic mass is 10.0. The van der Waals surface area contributed by atoms with E-state index in [0.717, 1.165) is 5.56 Å². The van der Waals surface area contributed by atoms with Gasteiger partial charge in [-0.25, -0.2) is 9.18 Å². The van der Waals surface area contributed by atoms with Crippen LogP contribution in [0.25, 0.3) is 11.1 Å². The van der Waals surface area contributed by atoms with Crippen molar-refractivity contribution in [1.82, 2.24) is 15.6 Å². The quantitative estimate of drug-likeness (QED) is 0.445. The number of halogens is 1. The number of pyridine rings is 1. The third kappa shape index (κ3) is 5.84. The molecule has 1 aromatic heterocycles. The van der Waals surface area contributed by atoms with Crippen LogP contribution in [0.3, 0.4) is 0 Å². The summed E-state index contributed by atoms with van der Waals surface area (Å²) in [4.78, 5) is 40.9. The summed E-state index contributed by atoms with van der Waals surface area (Å²) in [5.41, 5.74) is 8.81. The lowest BCUT2D eigenvalue weighted by Crippen LogP contribution is -2.33. The zero-order valence-electron chi connectivity index (χ0n) is 19.6. The first-order valence-electron chi connectivity index (χ1n) is 11.4. The number of rotatable bonds is 8. The maximum atomic E-state index is 15.0. The first kappa shape index (κ1) is 24.8. The highest BCUT2D eigenvalue weighted by molar-refractivity contribution is 5.90. The van der Waals surface area contributed by atoms with Crippen molar-refractivity contribution in [3.8, 4) is 11.1 Å². The van der Waals surface area contributed by atoms with Crippen molar-refractivity contribution in [3.63, 3.8) is 0 Å². The maximum absolute atomic E-state index is 15.0. The second kappa shape index (κ2) is 11.0. The predicted molar refractivity (Wildman–Crippen MR) is 131 cm³/mol. The van der Waals surface area contributed by atoms with Gasteiger partial charge in [0.2, 0.25) is 11.8 Å². The molecule has 3 amide bonds. The first-order valence-corrected chi connectivity index (χ1v) is 11.4. The molecule has 1 saturated heterocycles. The molecule has 0 radical (unpaired) electrons. The summed E-state index contributed by atoms with van der Waals surface area (Å²) in [7, 11) is 0. The van der Waals surface area contributed by atoms with Gasteiger partial charge in [-0.3, -0.25) is 19.5 Å². The Bertz CT molecular complexity index is 1250. The van der Waals surface area contributed by atoms with Crippen LogP contribution in [-0.4, -0.2) is 42.1 Å². The van der Waals surface area contributed by atoms with Crippen LogP contribution in [0.4, 0.5) is 14.9 Å². The van der Waals surface area contributed by atoms with Gasteiger partial charge in [0, 0.05) is 31.4 Å². The number of amides is 3. The highest BCUT2D eigenvalue weighted by Crippen LogP contribution is 2.29. The number of hydrogen-bond donors (Lipinski definition) is 3. The van der Waals surface area contributed by atoms with E-state index in [0.29, 0.717) is 22.4 Å². The van der Waals surface area contributed by atoms with Gasteiger partial charge in [0.15, 0.2) is 0 Å². The zero-order valence-corrected chi connectivity index (χ0v) is 19.6. The maximum Gasteiger partial charge on any atom is 0.414 e. The molecule has 0 saturated carbocycles. The summed E-state index contributed by atoms with van der Waals surface area (Å²) in [6, 6.07) is 14.3. The van der Waals surface area contributed by atoms with E-state index in [4.69, 9.17) is 10.5 Å². The summed E-state index contributed by atoms with van der Waals surface area (Å²) >= 11 is 0. The Hall–Kier alpha value is -4.31. The standard InChI is InChI=1S/C26H26FN5O4/c1-16(33)30-14-21-15-32(26(35)36-21)20-8-9-22(23(27)11-20)18-6-4-17(5-7-18)12-31-25(34)24(28)19-3-2-10-29-13-19/h2-11,13,21,24H,12,14-15,28H2,1H3,(H,30,33)(H,31,34). The summed E-state index contributed by atoms with van der Waals surface area (Å²) in [6.45, 7) is 2.05. The molecule has 36 heavy (non-hydrogen) atoms. The van der Waals surface area contributed by atoms with Crippen molar-refractivity contribution in [2.75, 3.05) is 18.0 Å². The molecule has 0 bridgehead atoms. The van der Waals surface area contributed by atoms with Gasteiger partial charge in [-0.2, -0.15) is 0 Å². The van der Waals surface area contributed by atoms with E-state index in [1.807, 2.05) is 0 Å². The van der Waals surface area contributed by atoms with E-state index < -0.39 is 24.1 Å². The van der Waals surface area contributed by atoms with E-state index in [-0.39, 0.29) is 31.4 Å². The molecule has 0 spiro atoms. The Labute approximate surface area is 207 Å². The topological polar surface area (TPSA) is 127 Å². The van der Waals surface area contributed by atoms with Gasteiger partial charge in [-0.05, 0) is 41.0 Å². The second-order valence-corrected chi connectivity index (χ2v) is 8.40. The number of cyclic esters (lactones) is 1. The summed E-state index contributed by atoms with van der Waals surface area (Å²) in [5, 5.41) is 5.40. The number of carbonyl (C=O) groups is 3. The number of nitrogens with two attached hydrogens (primary N) is 1. The molecule has 0 aliphatic carbocycles. The third-order valence-electron chi connectivity index (χ3n) is 5.77. The first-order chi connectivity index (χ1) is 17.3. The van der Waals surface area contributed by atoms with Crippen LogP contribution in [0.15, 0.2) is 67.0 Å². The van der Waals surface area contributed by atoms with Gasteiger partial charge in [-0.15, -0.1) is 0 Å². The zero-order chi connectivity index (χ0) is 25.7. The van der Waals surface area contributed by atoms with E-state index >= 15 is 0 Å². The van der Waals surface area contributed by atoms with Gasteiger partial charge in [0.1, 0.15) is 18.0 Å². The number of anilines is 1. The molecule has 10 heteroatoms. The Morgan fingerprint density at radius 3 is 2.64 bits per heavy atom. The molecule has 9 nitrogen and oxygen atoms in total. The van der Waals surface area contributed by atoms with Crippen LogP contribution in [0.1, 0.15) is 24.1 Å². The lowest BCUT2D eigenvalue weighted by Gasteiger charge is -2.15. The third-order valence-corrected chi connectivity index (χ3v) is 5.77. The average molecular weight is 492 g/mol. The fraction of sp³-hybridized carbons (Fsp3) is 0.231. The van der Waals surface area contributed by atoms with E-state index in [9.17, 15) is 18.8 Å². The van der Waals surface area contributed by atoms with Crippen LogP contribution >= 0.6 is 0 Å². The molecule has 4 rings (SSSR count). The molecule has 2 heterocycles. The summed E-state index contributed by atoms with van der Waals surface area (Å²) in [5.74, 6) is -1.04. The van der Waals surface area contributed by atoms with Crippen LogP contribution in [0.2, 0.25) is 0 Å². The largest absolute Gasteiger partial charge is 0.442 e. The molecule has 2 aromatic carbocycles. The van der Waals surface area contributed by atoms with Gasteiger partial charge < -0.3 is 21.1 Å². The number of nitrogens with one attached hydrogen (secondary N) is 2. The highest BCUT2D eigenvalue weighted by Gasteiger charge is 2.32. The monoisotopic (exact) mass is 491 g/mol. The summed E-state index contributed by atoms with van der Waals surface area (Å²) < 4.78 is 20.2. The molecule has 2 atom stereocenters. The highest BCUT2D eigenvalue weighted by atomic mass is 19.1. The Kier molecular flexibility index (Phi) is 7.55. The minimum atomic E-state index is -0.820. The molecule has 1 aliphatic rings. The van der Waals surface area contributed by atoms with Crippen molar-refractivity contribution in [2.45, 2.75) is 25.6 Å². The second-order valence-electron chi connectivity index (χ2n) is 8.40. The number of carbonyl (C=O) groups excluding carboxylic acids is 3. The van der Waals surface area contributed by atoms with E-state index in [1.54, 1.807) is 60.9 Å². The number of nitrogens with zero attached hydrogens (tertiary/aromatic N) is 2. The Morgan fingerprint density at radius 2 is 1.97 bits per heavy atom. The van der Waals surface area contributed by atoms with Gasteiger partial charge in [-0.1, -0.05) is 30.3 Å². The van der Waals surface area contributed by atoms with E-state index in [1.165, 1.54) is 17.9 Å². The van der Waals surface area contributed by atoms with Crippen LogP contribution < -0.4 is 21.3 Å². The minimum Gasteiger partial charge on any atom is -0.442 e. The normalized spacial score (nSPS) is 15.8. The SMILES string of the molecule is CC(=O)NCC1CN(c2ccc(-c3ccc(CNC(=O)C(N)c4cccnc4)cc3)c(F)c2)C(=O)O1. The molecule has 186 valence electrons. The van der Waals surface area contributed by atoms with Gasteiger partial charge in [0.05, 0.1) is 18.8 Å².